The summed E-state index contributed by atoms with van der Waals surface area (Å²) < 4.78 is 40.5. The summed E-state index contributed by atoms with van der Waals surface area (Å²) in [5.74, 6) is -1.51. The Bertz CT molecular complexity index is 621. The van der Waals surface area contributed by atoms with E-state index in [4.69, 9.17) is 0 Å². The lowest BCUT2D eigenvalue weighted by Gasteiger charge is -2.36. The van der Waals surface area contributed by atoms with Crippen molar-refractivity contribution in [1.29, 1.82) is 0 Å². The molecule has 1 aromatic rings. The lowest BCUT2D eigenvalue weighted by Crippen LogP contribution is -2.50. The van der Waals surface area contributed by atoms with Crippen molar-refractivity contribution < 1.29 is 27.9 Å². The van der Waals surface area contributed by atoms with Gasteiger partial charge in [-0.05, 0) is 18.4 Å². The number of aliphatic hydroxyl groups is 1. The summed E-state index contributed by atoms with van der Waals surface area (Å²) in [6.07, 6.45) is -5.01. The molecule has 1 aliphatic rings. The number of carbonyl (C=O) groups is 2. The van der Waals surface area contributed by atoms with Crippen LogP contribution in [-0.2, 0) is 15.2 Å². The van der Waals surface area contributed by atoms with Crippen molar-refractivity contribution in [2.75, 3.05) is 20.1 Å². The molecule has 1 aliphatic heterocycles. The summed E-state index contributed by atoms with van der Waals surface area (Å²) in [4.78, 5) is 25.4. The van der Waals surface area contributed by atoms with E-state index in [9.17, 15) is 27.9 Å². The van der Waals surface area contributed by atoms with Crippen LogP contribution in [0.5, 0.6) is 0 Å². The molecule has 0 bridgehead atoms. The predicted octanol–water partition coefficient (Wildman–Crippen LogP) is 1.81. The van der Waals surface area contributed by atoms with Crippen molar-refractivity contribution >= 4 is 11.8 Å². The van der Waals surface area contributed by atoms with E-state index in [2.05, 4.69) is 5.32 Å². The van der Waals surface area contributed by atoms with E-state index in [1.54, 1.807) is 0 Å². The first-order chi connectivity index (χ1) is 11.7. The average Bonchev–Trinajstić information content (AvgIpc) is 2.60. The highest BCUT2D eigenvalue weighted by molar-refractivity contribution is 5.81. The highest BCUT2D eigenvalue weighted by Crippen LogP contribution is 2.42. The van der Waals surface area contributed by atoms with Crippen LogP contribution in [0.3, 0.4) is 0 Å². The molecular formula is C17H21F3N2O3. The predicted molar refractivity (Wildman–Crippen MR) is 84.4 cm³/mol. The van der Waals surface area contributed by atoms with Crippen molar-refractivity contribution in [3.63, 3.8) is 0 Å². The minimum Gasteiger partial charge on any atom is -0.376 e. The molecule has 2 atom stereocenters. The van der Waals surface area contributed by atoms with E-state index in [0.29, 0.717) is 12.8 Å². The average molecular weight is 358 g/mol. The molecule has 2 unspecified atom stereocenters. The number of nitrogens with one attached hydrogen (secondary N) is 1. The number of amides is 2. The summed E-state index contributed by atoms with van der Waals surface area (Å²) >= 11 is 0. The quantitative estimate of drug-likeness (QED) is 0.863. The Kier molecular flexibility index (Phi) is 5.72. The molecular weight excluding hydrogens is 337 g/mol. The Labute approximate surface area is 143 Å². The molecule has 2 N–H and O–H groups in total. The number of piperidine rings is 1. The van der Waals surface area contributed by atoms with Crippen LogP contribution in [0.25, 0.3) is 0 Å². The van der Waals surface area contributed by atoms with Gasteiger partial charge in [0.25, 0.3) is 0 Å². The van der Waals surface area contributed by atoms with E-state index in [0.717, 1.165) is 12.1 Å². The first kappa shape index (κ1) is 19.2. The number of halogens is 3. The summed E-state index contributed by atoms with van der Waals surface area (Å²) in [6.45, 7) is 0.330. The molecule has 0 saturated carbocycles. The van der Waals surface area contributed by atoms with Gasteiger partial charge in [0.1, 0.15) is 0 Å². The van der Waals surface area contributed by atoms with Crippen LogP contribution in [-0.4, -0.2) is 48.1 Å². The Hall–Kier alpha value is -2.09. The maximum atomic E-state index is 13.5. The topological polar surface area (TPSA) is 69.6 Å². The van der Waals surface area contributed by atoms with Gasteiger partial charge in [-0.15, -0.1) is 0 Å². The molecule has 1 fully saturated rings. The molecule has 1 aromatic carbocycles. The smallest absolute Gasteiger partial charge is 0.376 e. The number of hydrogen-bond acceptors (Lipinski definition) is 3. The van der Waals surface area contributed by atoms with Crippen LogP contribution in [0.4, 0.5) is 13.2 Å². The summed E-state index contributed by atoms with van der Waals surface area (Å²) in [6, 6.07) is 6.56. The van der Waals surface area contributed by atoms with Crippen molar-refractivity contribution in [2.24, 2.45) is 5.92 Å². The van der Waals surface area contributed by atoms with Crippen molar-refractivity contribution in [3.8, 4) is 0 Å². The Morgan fingerprint density at radius 1 is 1.28 bits per heavy atom. The minimum atomic E-state index is -5.00. The zero-order chi connectivity index (χ0) is 18.7. The molecule has 0 aromatic heterocycles. The second-order valence-corrected chi connectivity index (χ2v) is 6.19. The Morgan fingerprint density at radius 2 is 1.92 bits per heavy atom. The van der Waals surface area contributed by atoms with Gasteiger partial charge in [-0.1, -0.05) is 30.3 Å². The number of nitrogens with zero attached hydrogens (tertiary/aromatic N) is 1. The molecule has 25 heavy (non-hydrogen) atoms. The fraction of sp³-hybridized carbons (Fsp3) is 0.529. The Balaban J connectivity index is 2.19. The van der Waals surface area contributed by atoms with Gasteiger partial charge in [0.05, 0.1) is 12.3 Å². The molecule has 2 amide bonds. The Morgan fingerprint density at radius 3 is 2.48 bits per heavy atom. The van der Waals surface area contributed by atoms with E-state index in [1.807, 2.05) is 0 Å². The van der Waals surface area contributed by atoms with Crippen molar-refractivity contribution in [2.45, 2.75) is 31.0 Å². The number of alkyl halides is 3. The minimum absolute atomic E-state index is 0.0568. The fourth-order valence-corrected chi connectivity index (χ4v) is 3.03. The normalized spacial score (nSPS) is 20.7. The van der Waals surface area contributed by atoms with Gasteiger partial charge < -0.3 is 15.3 Å². The SMILES string of the molecule is CNC(=O)C1CCCN(C(=O)CC(O)(c2ccccc2)C(F)(F)F)C1. The van der Waals surface area contributed by atoms with Crippen molar-refractivity contribution in [1.82, 2.24) is 10.2 Å². The van der Waals surface area contributed by atoms with E-state index < -0.39 is 30.0 Å². The van der Waals surface area contributed by atoms with Crippen LogP contribution in [0.2, 0.25) is 0 Å². The molecule has 2 rings (SSSR count). The van der Waals surface area contributed by atoms with Gasteiger partial charge in [-0.3, -0.25) is 9.59 Å². The second kappa shape index (κ2) is 7.43. The zero-order valence-electron chi connectivity index (χ0n) is 13.8. The zero-order valence-corrected chi connectivity index (χ0v) is 13.8. The third kappa shape index (κ3) is 4.12. The van der Waals surface area contributed by atoms with Crippen LogP contribution in [0.1, 0.15) is 24.8 Å². The summed E-state index contributed by atoms with van der Waals surface area (Å²) in [5.41, 5.74) is -3.64. The van der Waals surface area contributed by atoms with Gasteiger partial charge in [0, 0.05) is 20.1 Å². The lowest BCUT2D eigenvalue weighted by molar-refractivity contribution is -0.268. The molecule has 1 saturated heterocycles. The van der Waals surface area contributed by atoms with Gasteiger partial charge in [-0.25, -0.2) is 0 Å². The monoisotopic (exact) mass is 358 g/mol. The highest BCUT2D eigenvalue weighted by atomic mass is 19.4. The van der Waals surface area contributed by atoms with E-state index >= 15 is 0 Å². The molecule has 0 radical (unpaired) electrons. The fourth-order valence-electron chi connectivity index (χ4n) is 3.03. The van der Waals surface area contributed by atoms with Crippen LogP contribution in [0.15, 0.2) is 30.3 Å². The van der Waals surface area contributed by atoms with E-state index in [1.165, 1.54) is 30.1 Å². The summed E-state index contributed by atoms with van der Waals surface area (Å²) in [7, 11) is 1.47. The third-order valence-corrected chi connectivity index (χ3v) is 4.52. The number of benzene rings is 1. The molecule has 0 spiro atoms. The van der Waals surface area contributed by atoms with Gasteiger partial charge in [0.15, 0.2) is 5.60 Å². The van der Waals surface area contributed by atoms with Crippen LogP contribution < -0.4 is 5.32 Å². The highest BCUT2D eigenvalue weighted by Gasteiger charge is 2.56. The second-order valence-electron chi connectivity index (χ2n) is 6.19. The number of carbonyl (C=O) groups excluding carboxylic acids is 2. The molecule has 0 aliphatic carbocycles. The number of hydrogen-bond donors (Lipinski definition) is 2. The molecule has 138 valence electrons. The van der Waals surface area contributed by atoms with Gasteiger partial charge >= 0.3 is 6.18 Å². The van der Waals surface area contributed by atoms with Gasteiger partial charge in [0.2, 0.25) is 11.8 Å². The first-order valence-corrected chi connectivity index (χ1v) is 8.03. The number of rotatable bonds is 4. The molecule has 8 heteroatoms. The van der Waals surface area contributed by atoms with Crippen LogP contribution in [0, 0.1) is 5.92 Å². The summed E-state index contributed by atoms with van der Waals surface area (Å²) in [5, 5.41) is 12.8. The maximum Gasteiger partial charge on any atom is 0.421 e. The van der Waals surface area contributed by atoms with Gasteiger partial charge in [-0.2, -0.15) is 13.2 Å². The van der Waals surface area contributed by atoms with Crippen LogP contribution >= 0.6 is 0 Å². The largest absolute Gasteiger partial charge is 0.421 e. The standard InChI is InChI=1S/C17H21F3N2O3/c1-21-15(24)12-6-5-9-22(11-12)14(23)10-16(25,17(18,19)20)13-7-3-2-4-8-13/h2-4,7-8,12,25H,5-6,9-11H2,1H3,(H,21,24). The number of likely N-dealkylation sites (tertiary alicyclic amines) is 1. The maximum absolute atomic E-state index is 13.5. The third-order valence-electron chi connectivity index (χ3n) is 4.52. The lowest BCUT2D eigenvalue weighted by atomic mass is 9.88. The van der Waals surface area contributed by atoms with E-state index in [-0.39, 0.29) is 24.6 Å². The van der Waals surface area contributed by atoms with Crippen molar-refractivity contribution in [3.05, 3.63) is 35.9 Å². The molecule has 1 heterocycles. The first-order valence-electron chi connectivity index (χ1n) is 8.03. The molecule has 5 nitrogen and oxygen atoms in total.